The zero-order valence-electron chi connectivity index (χ0n) is 11.5. The largest absolute Gasteiger partial charge is 0.497 e. The van der Waals surface area contributed by atoms with E-state index >= 15 is 0 Å². The standard InChI is InChI=1S/C14H14O2.C2H6/c1-10(15)7-11-3-4-13-9-14(16-2)6-5-12(13)8-11;1-2/h3-6,8-9H,7H2,1-2H3;1-2H3. The van der Waals surface area contributed by atoms with Gasteiger partial charge in [-0.05, 0) is 35.4 Å². The Morgan fingerprint density at radius 1 is 1.06 bits per heavy atom. The molecule has 0 aliphatic rings. The van der Waals surface area contributed by atoms with Crippen LogP contribution in [-0.4, -0.2) is 12.9 Å². The van der Waals surface area contributed by atoms with Gasteiger partial charge in [-0.2, -0.15) is 0 Å². The fourth-order valence-electron chi connectivity index (χ4n) is 1.80. The van der Waals surface area contributed by atoms with Crippen molar-refractivity contribution in [3.05, 3.63) is 42.0 Å². The van der Waals surface area contributed by atoms with Gasteiger partial charge in [0, 0.05) is 6.42 Å². The first kappa shape index (κ1) is 14.2. The minimum Gasteiger partial charge on any atom is -0.497 e. The van der Waals surface area contributed by atoms with Gasteiger partial charge < -0.3 is 4.74 Å². The Morgan fingerprint density at radius 3 is 2.28 bits per heavy atom. The topological polar surface area (TPSA) is 26.3 Å². The van der Waals surface area contributed by atoms with Crippen LogP contribution in [0.4, 0.5) is 0 Å². The van der Waals surface area contributed by atoms with Crippen LogP contribution < -0.4 is 4.74 Å². The van der Waals surface area contributed by atoms with Crippen LogP contribution in [-0.2, 0) is 11.2 Å². The predicted molar refractivity (Wildman–Crippen MR) is 76.2 cm³/mol. The molecular formula is C16H20O2. The third-order valence-corrected chi connectivity index (χ3v) is 2.56. The number of hydrogen-bond acceptors (Lipinski definition) is 2. The van der Waals surface area contributed by atoms with Gasteiger partial charge in [-0.3, -0.25) is 4.79 Å². The Kier molecular flexibility index (Phi) is 5.37. The maximum Gasteiger partial charge on any atom is 0.134 e. The summed E-state index contributed by atoms with van der Waals surface area (Å²) in [5.74, 6) is 1.04. The predicted octanol–water partition coefficient (Wildman–Crippen LogP) is 4.01. The molecule has 2 aromatic carbocycles. The van der Waals surface area contributed by atoms with Crippen LogP contribution in [0.5, 0.6) is 5.75 Å². The van der Waals surface area contributed by atoms with E-state index in [0.29, 0.717) is 6.42 Å². The number of hydrogen-bond donors (Lipinski definition) is 0. The van der Waals surface area contributed by atoms with Crippen molar-refractivity contribution < 1.29 is 9.53 Å². The van der Waals surface area contributed by atoms with Crippen molar-refractivity contribution in [3.8, 4) is 5.75 Å². The van der Waals surface area contributed by atoms with Crippen LogP contribution in [0.2, 0.25) is 0 Å². The van der Waals surface area contributed by atoms with Gasteiger partial charge in [0.15, 0.2) is 0 Å². The SMILES string of the molecule is CC.COc1ccc2cc(CC(C)=O)ccc2c1. The smallest absolute Gasteiger partial charge is 0.134 e. The Balaban J connectivity index is 0.000000771. The van der Waals surface area contributed by atoms with E-state index in [1.54, 1.807) is 14.0 Å². The molecule has 0 bridgehead atoms. The number of carbonyl (C=O) groups is 1. The third kappa shape index (κ3) is 3.59. The lowest BCUT2D eigenvalue weighted by Gasteiger charge is -2.04. The Labute approximate surface area is 109 Å². The molecule has 0 aliphatic heterocycles. The van der Waals surface area contributed by atoms with E-state index in [0.717, 1.165) is 22.1 Å². The maximum atomic E-state index is 11.0. The van der Waals surface area contributed by atoms with Gasteiger partial charge in [-0.1, -0.05) is 38.1 Å². The fourth-order valence-corrected chi connectivity index (χ4v) is 1.80. The summed E-state index contributed by atoms with van der Waals surface area (Å²) in [6.07, 6.45) is 0.502. The molecule has 0 saturated carbocycles. The third-order valence-electron chi connectivity index (χ3n) is 2.56. The Bertz CT molecular complexity index is 530. The van der Waals surface area contributed by atoms with Crippen LogP contribution in [0, 0.1) is 0 Å². The normalized spacial score (nSPS) is 9.56. The van der Waals surface area contributed by atoms with Gasteiger partial charge in [-0.15, -0.1) is 0 Å². The summed E-state index contributed by atoms with van der Waals surface area (Å²) in [5.41, 5.74) is 1.06. The zero-order valence-corrected chi connectivity index (χ0v) is 11.5. The van der Waals surface area contributed by atoms with Crippen molar-refractivity contribution in [2.75, 3.05) is 7.11 Å². The van der Waals surface area contributed by atoms with Crippen LogP contribution in [0.3, 0.4) is 0 Å². The van der Waals surface area contributed by atoms with Gasteiger partial charge in [0.1, 0.15) is 11.5 Å². The molecule has 0 N–H and O–H groups in total. The van der Waals surface area contributed by atoms with E-state index in [4.69, 9.17) is 4.74 Å². The number of rotatable bonds is 3. The second-order valence-electron chi connectivity index (χ2n) is 3.93. The van der Waals surface area contributed by atoms with E-state index in [9.17, 15) is 4.79 Å². The minimum atomic E-state index is 0.188. The van der Waals surface area contributed by atoms with Gasteiger partial charge in [-0.25, -0.2) is 0 Å². The number of Topliss-reactive ketones (excluding diaryl/α,β-unsaturated/α-hetero) is 1. The summed E-state index contributed by atoms with van der Waals surface area (Å²) in [6, 6.07) is 12.0. The molecule has 0 heterocycles. The second kappa shape index (κ2) is 6.80. The molecule has 2 rings (SSSR count). The number of ketones is 1. The summed E-state index contributed by atoms with van der Waals surface area (Å²) in [4.78, 5) is 11.0. The molecule has 0 radical (unpaired) electrons. The Morgan fingerprint density at radius 2 is 1.67 bits per heavy atom. The molecule has 0 aromatic heterocycles. The van der Waals surface area contributed by atoms with E-state index in [-0.39, 0.29) is 5.78 Å². The average molecular weight is 244 g/mol. The molecule has 0 unspecified atom stereocenters. The highest BCUT2D eigenvalue weighted by Gasteiger charge is 2.00. The first-order chi connectivity index (χ1) is 8.69. The number of benzene rings is 2. The number of fused-ring (bicyclic) bond motifs is 1. The van der Waals surface area contributed by atoms with E-state index in [1.165, 1.54) is 0 Å². The van der Waals surface area contributed by atoms with Crippen molar-refractivity contribution in [1.82, 2.24) is 0 Å². The van der Waals surface area contributed by atoms with E-state index < -0.39 is 0 Å². The summed E-state index contributed by atoms with van der Waals surface area (Å²) in [5, 5.41) is 2.27. The number of carbonyl (C=O) groups excluding carboxylic acids is 1. The van der Waals surface area contributed by atoms with Crippen molar-refractivity contribution in [2.45, 2.75) is 27.2 Å². The highest BCUT2D eigenvalue weighted by atomic mass is 16.5. The molecular weight excluding hydrogens is 224 g/mol. The monoisotopic (exact) mass is 244 g/mol. The van der Waals surface area contributed by atoms with Gasteiger partial charge >= 0.3 is 0 Å². The molecule has 2 heteroatoms. The molecule has 2 aromatic rings. The quantitative estimate of drug-likeness (QED) is 0.815. The van der Waals surface area contributed by atoms with Crippen LogP contribution >= 0.6 is 0 Å². The molecule has 0 saturated heterocycles. The minimum absolute atomic E-state index is 0.188. The Hall–Kier alpha value is -1.83. The first-order valence-corrected chi connectivity index (χ1v) is 6.25. The number of ether oxygens (including phenoxy) is 1. The molecule has 0 aliphatic carbocycles. The fraction of sp³-hybridized carbons (Fsp3) is 0.312. The molecule has 96 valence electrons. The molecule has 0 spiro atoms. The first-order valence-electron chi connectivity index (χ1n) is 6.25. The average Bonchev–Trinajstić information content (AvgIpc) is 2.39. The van der Waals surface area contributed by atoms with Crippen molar-refractivity contribution in [2.24, 2.45) is 0 Å². The summed E-state index contributed by atoms with van der Waals surface area (Å²) >= 11 is 0. The number of methoxy groups -OCH3 is 1. The molecule has 2 nitrogen and oxygen atoms in total. The lowest BCUT2D eigenvalue weighted by Crippen LogP contribution is -1.95. The summed E-state index contributed by atoms with van der Waals surface area (Å²) in [7, 11) is 1.66. The van der Waals surface area contributed by atoms with Crippen molar-refractivity contribution in [1.29, 1.82) is 0 Å². The van der Waals surface area contributed by atoms with E-state index in [2.05, 4.69) is 6.07 Å². The van der Waals surface area contributed by atoms with Gasteiger partial charge in [0.05, 0.1) is 7.11 Å². The lowest BCUT2D eigenvalue weighted by molar-refractivity contribution is -0.116. The zero-order chi connectivity index (χ0) is 13.5. The van der Waals surface area contributed by atoms with Crippen molar-refractivity contribution in [3.63, 3.8) is 0 Å². The highest BCUT2D eigenvalue weighted by Crippen LogP contribution is 2.22. The molecule has 18 heavy (non-hydrogen) atoms. The molecule has 0 fully saturated rings. The van der Waals surface area contributed by atoms with Gasteiger partial charge in [0.2, 0.25) is 0 Å². The van der Waals surface area contributed by atoms with Gasteiger partial charge in [0.25, 0.3) is 0 Å². The highest BCUT2D eigenvalue weighted by molar-refractivity contribution is 5.86. The van der Waals surface area contributed by atoms with E-state index in [1.807, 2.05) is 44.2 Å². The molecule has 0 atom stereocenters. The van der Waals surface area contributed by atoms with Crippen LogP contribution in [0.25, 0.3) is 10.8 Å². The van der Waals surface area contributed by atoms with Crippen LogP contribution in [0.15, 0.2) is 36.4 Å². The summed E-state index contributed by atoms with van der Waals surface area (Å²) in [6.45, 7) is 5.61. The molecule has 0 amide bonds. The summed E-state index contributed by atoms with van der Waals surface area (Å²) < 4.78 is 5.16. The van der Waals surface area contributed by atoms with Crippen molar-refractivity contribution >= 4 is 16.6 Å². The maximum absolute atomic E-state index is 11.0. The van der Waals surface area contributed by atoms with Crippen LogP contribution in [0.1, 0.15) is 26.3 Å². The lowest BCUT2D eigenvalue weighted by atomic mass is 10.0. The second-order valence-corrected chi connectivity index (χ2v) is 3.93.